The van der Waals surface area contributed by atoms with E-state index in [1.807, 2.05) is 0 Å². The molecule has 0 radical (unpaired) electrons. The average Bonchev–Trinajstić information content (AvgIpc) is 3.14. The first-order chi connectivity index (χ1) is 24.8. The number of aliphatic imine (C=N–C) groups is 3. The van der Waals surface area contributed by atoms with Crippen molar-refractivity contribution >= 4 is 18.2 Å². The minimum absolute atomic E-state index is 0.0379. The summed E-state index contributed by atoms with van der Waals surface area (Å²) in [6, 6.07) is -1.42. The monoisotopic (exact) mass is 708 g/mol. The van der Waals surface area contributed by atoms with Crippen molar-refractivity contribution in [3.8, 4) is 0 Å². The lowest BCUT2D eigenvalue weighted by Gasteiger charge is -2.38. The second-order valence-corrected chi connectivity index (χ2v) is 15.5. The molecule has 4 rings (SSSR count). The van der Waals surface area contributed by atoms with Crippen molar-refractivity contribution in [2.24, 2.45) is 32.7 Å². The summed E-state index contributed by atoms with van der Waals surface area (Å²) in [4.78, 5) is 90.2. The fourth-order valence-corrected chi connectivity index (χ4v) is 9.48. The molecular weight excluding hydrogens is 648 g/mol. The van der Waals surface area contributed by atoms with Crippen LogP contribution in [0.5, 0.6) is 0 Å². The molecule has 0 spiro atoms. The highest BCUT2D eigenvalue weighted by Gasteiger charge is 2.38. The Labute approximate surface area is 301 Å². The number of rotatable bonds is 18. The Hall–Kier alpha value is -3.45. The molecule has 0 bridgehead atoms. The average molecular weight is 709 g/mol. The van der Waals surface area contributed by atoms with Crippen molar-refractivity contribution in [2.45, 2.75) is 192 Å². The van der Waals surface area contributed by atoms with Crippen molar-refractivity contribution < 1.29 is 14.4 Å². The van der Waals surface area contributed by atoms with E-state index in [1.165, 1.54) is 13.7 Å². The van der Waals surface area contributed by atoms with Gasteiger partial charge >= 0.3 is 17.1 Å². The predicted octanol–water partition coefficient (Wildman–Crippen LogP) is 7.05. The smallest absolute Gasteiger partial charge is 0.247 e. The molecule has 282 valence electrons. The van der Waals surface area contributed by atoms with E-state index in [0.29, 0.717) is 57.8 Å². The Balaban J connectivity index is 1.93. The number of nitrogens with zero attached hydrogens (tertiary/aromatic N) is 6. The standard InChI is InChI=1S/C39H60N6O6/c1-4-7-10-34(28-13-19-31(20-14-28)40-25-46)43-37(49)44(35(11-8-5-2)29-15-21-32(22-16-29)41-26-47)39(51)45(38(43)50)36(12-9-6-3)30-17-23-33(24-18-30)42-27-48/h28-36H,4-24H2,1-3H3. The third-order valence-corrected chi connectivity index (χ3v) is 12.4. The van der Waals surface area contributed by atoms with Crippen molar-refractivity contribution in [3.05, 3.63) is 31.5 Å². The molecule has 0 saturated heterocycles. The predicted molar refractivity (Wildman–Crippen MR) is 197 cm³/mol. The molecular formula is C39H60N6O6. The fourth-order valence-electron chi connectivity index (χ4n) is 9.48. The largest absolute Gasteiger partial charge is 0.336 e. The lowest BCUT2D eigenvalue weighted by atomic mass is 9.79. The van der Waals surface area contributed by atoms with Crippen LogP contribution in [0, 0.1) is 17.8 Å². The van der Waals surface area contributed by atoms with Crippen molar-refractivity contribution in [2.75, 3.05) is 0 Å². The van der Waals surface area contributed by atoms with Gasteiger partial charge in [0.05, 0.1) is 18.1 Å². The van der Waals surface area contributed by atoms with Gasteiger partial charge in [0.1, 0.15) is 0 Å². The van der Waals surface area contributed by atoms with Crippen molar-refractivity contribution in [1.29, 1.82) is 0 Å². The van der Waals surface area contributed by atoms with E-state index in [9.17, 15) is 14.4 Å². The number of hydrogen-bond acceptors (Lipinski definition) is 9. The molecule has 3 atom stereocenters. The number of isocyanates is 3. The van der Waals surface area contributed by atoms with Crippen LogP contribution in [0.4, 0.5) is 0 Å². The topological polar surface area (TPSA) is 154 Å². The lowest BCUT2D eigenvalue weighted by Crippen LogP contribution is -2.59. The SMILES string of the molecule is CCCCC(C1CCC(N=C=O)CC1)n1c(=O)n(C(CCCC)C2CCC(N=C=O)CC2)c(=O)n(C(CCCC)C2CCC(N=C=O)CC2)c1=O. The van der Waals surface area contributed by atoms with E-state index >= 15 is 14.4 Å². The first-order valence-corrected chi connectivity index (χ1v) is 20.0. The molecule has 3 fully saturated rings. The molecule has 12 heteroatoms. The van der Waals surface area contributed by atoms with Gasteiger partial charge in [-0.3, -0.25) is 0 Å². The van der Waals surface area contributed by atoms with E-state index in [1.54, 1.807) is 18.2 Å². The normalized spacial score (nSPS) is 26.9. The molecule has 3 unspecified atom stereocenters. The Kier molecular flexibility index (Phi) is 16.3. The van der Waals surface area contributed by atoms with E-state index in [-0.39, 0.29) is 54.0 Å². The number of aromatic nitrogens is 3. The van der Waals surface area contributed by atoms with Gasteiger partial charge < -0.3 is 0 Å². The highest BCUT2D eigenvalue weighted by Crippen LogP contribution is 2.39. The van der Waals surface area contributed by atoms with E-state index in [0.717, 1.165) is 77.0 Å². The van der Waals surface area contributed by atoms with Crippen LogP contribution in [-0.2, 0) is 14.4 Å². The number of carbonyl (C=O) groups excluding carboxylic acids is 3. The minimum atomic E-state index is -0.497. The van der Waals surface area contributed by atoms with E-state index in [2.05, 4.69) is 35.7 Å². The second-order valence-electron chi connectivity index (χ2n) is 15.5. The third-order valence-electron chi connectivity index (χ3n) is 12.4. The summed E-state index contributed by atoms with van der Waals surface area (Å²) in [7, 11) is 0. The summed E-state index contributed by atoms with van der Waals surface area (Å²) < 4.78 is 4.44. The fraction of sp³-hybridized carbons (Fsp3) is 0.846. The van der Waals surface area contributed by atoms with Gasteiger partial charge in [-0.1, -0.05) is 59.3 Å². The summed E-state index contributed by atoms with van der Waals surface area (Å²) in [6.07, 6.45) is 20.9. The van der Waals surface area contributed by atoms with Gasteiger partial charge in [0.25, 0.3) is 0 Å². The summed E-state index contributed by atoms with van der Waals surface area (Å²) in [5.74, 6) is 0.114. The molecule has 3 saturated carbocycles. The molecule has 0 aromatic carbocycles. The summed E-state index contributed by atoms with van der Waals surface area (Å²) in [5.41, 5.74) is -1.49. The maximum absolute atomic E-state index is 15.0. The minimum Gasteiger partial charge on any atom is -0.247 e. The van der Waals surface area contributed by atoms with Gasteiger partial charge in [0, 0.05) is 18.1 Å². The first kappa shape index (κ1) is 40.3. The summed E-state index contributed by atoms with van der Waals surface area (Å²) in [5, 5.41) is 0. The van der Waals surface area contributed by atoms with Crippen LogP contribution in [0.25, 0.3) is 0 Å². The summed E-state index contributed by atoms with van der Waals surface area (Å²) >= 11 is 0. The Morgan fingerprint density at radius 3 is 0.902 bits per heavy atom. The van der Waals surface area contributed by atoms with Gasteiger partial charge in [-0.05, 0) is 114 Å². The van der Waals surface area contributed by atoms with Crippen LogP contribution in [-0.4, -0.2) is 50.1 Å². The van der Waals surface area contributed by atoms with Crippen LogP contribution < -0.4 is 17.1 Å². The zero-order chi connectivity index (χ0) is 36.8. The van der Waals surface area contributed by atoms with E-state index < -0.39 is 17.1 Å². The maximum Gasteiger partial charge on any atom is 0.336 e. The first-order valence-electron chi connectivity index (χ1n) is 20.0. The van der Waals surface area contributed by atoms with Gasteiger partial charge in [-0.2, -0.15) is 0 Å². The zero-order valence-corrected chi connectivity index (χ0v) is 31.2. The van der Waals surface area contributed by atoms with Gasteiger partial charge in [-0.15, -0.1) is 0 Å². The van der Waals surface area contributed by atoms with Crippen LogP contribution in [0.2, 0.25) is 0 Å². The molecule has 0 aliphatic heterocycles. The van der Waals surface area contributed by atoms with Crippen molar-refractivity contribution in [3.63, 3.8) is 0 Å². The van der Waals surface area contributed by atoms with Crippen LogP contribution in [0.1, 0.15) is 174 Å². The van der Waals surface area contributed by atoms with Gasteiger partial charge in [-0.25, -0.2) is 57.4 Å². The number of unbranched alkanes of at least 4 members (excludes halogenated alkanes) is 3. The van der Waals surface area contributed by atoms with E-state index in [4.69, 9.17) is 0 Å². The molecule has 1 aromatic rings. The molecule has 1 aromatic heterocycles. The van der Waals surface area contributed by atoms with Gasteiger partial charge in [0.2, 0.25) is 18.2 Å². The molecule has 1 heterocycles. The van der Waals surface area contributed by atoms with Crippen LogP contribution in [0.15, 0.2) is 29.4 Å². The molecule has 0 amide bonds. The highest BCUT2D eigenvalue weighted by molar-refractivity contribution is 5.34. The molecule has 0 N–H and O–H groups in total. The molecule has 3 aliphatic carbocycles. The Morgan fingerprint density at radius 2 is 0.706 bits per heavy atom. The molecule has 51 heavy (non-hydrogen) atoms. The Bertz CT molecular complexity index is 1360. The quantitative estimate of drug-likeness (QED) is 0.118. The van der Waals surface area contributed by atoms with Crippen LogP contribution in [0.3, 0.4) is 0 Å². The lowest BCUT2D eigenvalue weighted by molar-refractivity contribution is 0.159. The van der Waals surface area contributed by atoms with Crippen LogP contribution >= 0.6 is 0 Å². The van der Waals surface area contributed by atoms with Crippen molar-refractivity contribution in [1.82, 2.24) is 13.7 Å². The number of hydrogen-bond donors (Lipinski definition) is 0. The second kappa shape index (κ2) is 20.6. The highest BCUT2D eigenvalue weighted by atomic mass is 16.2. The maximum atomic E-state index is 15.0. The Morgan fingerprint density at radius 1 is 0.471 bits per heavy atom. The zero-order valence-electron chi connectivity index (χ0n) is 31.2. The van der Waals surface area contributed by atoms with Gasteiger partial charge in [0.15, 0.2) is 0 Å². The third kappa shape index (κ3) is 10.1. The summed E-state index contributed by atoms with van der Waals surface area (Å²) in [6.45, 7) is 6.31. The molecule has 3 aliphatic rings. The molecule has 12 nitrogen and oxygen atoms in total.